The normalized spacial score (nSPS) is 10.2. The van der Waals surface area contributed by atoms with Crippen LogP contribution in [0.4, 0.5) is 0 Å². The van der Waals surface area contributed by atoms with Gasteiger partial charge in [-0.25, -0.2) is 4.98 Å². The lowest BCUT2D eigenvalue weighted by molar-refractivity contribution is -0.119. The first kappa shape index (κ1) is 15.5. The number of hydrogen-bond donors (Lipinski definition) is 2. The Labute approximate surface area is 131 Å². The van der Waals surface area contributed by atoms with Crippen molar-refractivity contribution in [1.29, 1.82) is 0 Å². The van der Waals surface area contributed by atoms with E-state index < -0.39 is 0 Å². The molecule has 0 aliphatic heterocycles. The van der Waals surface area contributed by atoms with E-state index in [0.29, 0.717) is 11.4 Å². The fraction of sp³-hybridized carbons (Fsp3) is 0.214. The quantitative estimate of drug-likeness (QED) is 0.827. The molecule has 0 saturated heterocycles. The van der Waals surface area contributed by atoms with Crippen molar-refractivity contribution < 1.29 is 9.59 Å². The van der Waals surface area contributed by atoms with Crippen LogP contribution in [0, 0.1) is 0 Å². The van der Waals surface area contributed by atoms with Crippen LogP contribution in [0.15, 0.2) is 29.6 Å². The molecule has 0 atom stereocenters. The maximum atomic E-state index is 12.0. The number of amides is 2. The molecule has 1 heterocycles. The molecule has 110 valence electrons. The third-order valence-electron chi connectivity index (χ3n) is 2.75. The molecule has 2 rings (SSSR count). The number of alkyl halides is 1. The first-order valence-corrected chi connectivity index (χ1v) is 7.65. The highest BCUT2D eigenvalue weighted by Gasteiger charge is 2.10. The minimum Gasteiger partial charge on any atom is -0.358 e. The Balaban J connectivity index is 2.13. The molecule has 1 aromatic carbocycles. The Morgan fingerprint density at radius 2 is 2.19 bits per heavy atom. The van der Waals surface area contributed by atoms with Gasteiger partial charge in [0.2, 0.25) is 5.91 Å². The smallest absolute Gasteiger partial charge is 0.251 e. The van der Waals surface area contributed by atoms with E-state index in [9.17, 15) is 9.59 Å². The summed E-state index contributed by atoms with van der Waals surface area (Å²) in [6.07, 6.45) is 0. The lowest BCUT2D eigenvalue weighted by Gasteiger charge is -2.05. The summed E-state index contributed by atoms with van der Waals surface area (Å²) in [7, 11) is 1.52. The summed E-state index contributed by atoms with van der Waals surface area (Å²) in [5.74, 6) is -0.177. The van der Waals surface area contributed by atoms with E-state index in [1.54, 1.807) is 18.2 Å². The first-order chi connectivity index (χ1) is 10.1. The number of carbonyl (C=O) groups excluding carboxylic acids is 2. The molecule has 2 amide bonds. The van der Waals surface area contributed by atoms with E-state index in [1.807, 2.05) is 11.4 Å². The topological polar surface area (TPSA) is 71.1 Å². The van der Waals surface area contributed by atoms with Crippen molar-refractivity contribution >= 4 is 34.8 Å². The number of nitrogens with zero attached hydrogens (tertiary/aromatic N) is 1. The Kier molecular flexibility index (Phi) is 5.30. The van der Waals surface area contributed by atoms with Crippen LogP contribution in [0.3, 0.4) is 0 Å². The fourth-order valence-corrected chi connectivity index (χ4v) is 2.69. The van der Waals surface area contributed by atoms with Crippen molar-refractivity contribution in [2.24, 2.45) is 0 Å². The van der Waals surface area contributed by atoms with E-state index in [-0.39, 0.29) is 18.4 Å². The summed E-state index contributed by atoms with van der Waals surface area (Å²) in [5.41, 5.74) is 2.15. The van der Waals surface area contributed by atoms with Crippen LogP contribution in [-0.4, -0.2) is 30.4 Å². The molecule has 0 unspecified atom stereocenters. The molecular weight excluding hydrogens is 310 g/mol. The van der Waals surface area contributed by atoms with Gasteiger partial charge in [-0.15, -0.1) is 22.9 Å². The summed E-state index contributed by atoms with van der Waals surface area (Å²) < 4.78 is 0. The third-order valence-corrected chi connectivity index (χ3v) is 3.96. The van der Waals surface area contributed by atoms with Gasteiger partial charge in [-0.1, -0.05) is 12.1 Å². The van der Waals surface area contributed by atoms with Gasteiger partial charge in [0, 0.05) is 23.6 Å². The van der Waals surface area contributed by atoms with E-state index in [1.165, 1.54) is 18.4 Å². The van der Waals surface area contributed by atoms with Crippen molar-refractivity contribution in [2.45, 2.75) is 5.88 Å². The Hall–Kier alpha value is -1.92. The minimum atomic E-state index is -0.297. The number of nitrogens with one attached hydrogen (secondary N) is 2. The van der Waals surface area contributed by atoms with Crippen molar-refractivity contribution in [2.75, 3.05) is 13.6 Å². The molecule has 0 bridgehead atoms. The average molecular weight is 324 g/mol. The number of carbonyl (C=O) groups is 2. The van der Waals surface area contributed by atoms with Gasteiger partial charge in [0.15, 0.2) is 0 Å². The number of thiazole rings is 1. The number of aromatic nitrogens is 1. The molecule has 7 heteroatoms. The molecular formula is C14H14ClN3O2S. The molecule has 2 aromatic rings. The van der Waals surface area contributed by atoms with E-state index in [2.05, 4.69) is 15.6 Å². The minimum absolute atomic E-state index is 0.0484. The number of hydrogen-bond acceptors (Lipinski definition) is 4. The van der Waals surface area contributed by atoms with Gasteiger partial charge < -0.3 is 10.6 Å². The van der Waals surface area contributed by atoms with Crippen LogP contribution in [0.1, 0.15) is 16.1 Å². The maximum absolute atomic E-state index is 12.0. The maximum Gasteiger partial charge on any atom is 0.251 e. The van der Waals surface area contributed by atoms with Gasteiger partial charge in [-0.05, 0) is 12.1 Å². The molecule has 0 radical (unpaired) electrons. The number of benzene rings is 1. The van der Waals surface area contributed by atoms with Gasteiger partial charge in [0.25, 0.3) is 5.91 Å². The zero-order valence-electron chi connectivity index (χ0n) is 11.4. The molecule has 0 aliphatic rings. The van der Waals surface area contributed by atoms with E-state index >= 15 is 0 Å². The molecule has 0 saturated carbocycles. The van der Waals surface area contributed by atoms with Crippen molar-refractivity contribution in [3.63, 3.8) is 0 Å². The molecule has 5 nitrogen and oxygen atoms in total. The molecule has 0 spiro atoms. The predicted molar refractivity (Wildman–Crippen MR) is 83.5 cm³/mol. The molecule has 21 heavy (non-hydrogen) atoms. The van der Waals surface area contributed by atoms with Gasteiger partial charge in [-0.3, -0.25) is 9.59 Å². The van der Waals surface area contributed by atoms with Crippen molar-refractivity contribution in [1.82, 2.24) is 15.6 Å². The van der Waals surface area contributed by atoms with E-state index in [0.717, 1.165) is 16.3 Å². The number of rotatable bonds is 5. The first-order valence-electron chi connectivity index (χ1n) is 6.23. The SMILES string of the molecule is CNC(=O)CNC(=O)c1cccc(-c2nc(CCl)cs2)c1. The highest BCUT2D eigenvalue weighted by Crippen LogP contribution is 2.25. The number of halogens is 1. The van der Waals surface area contributed by atoms with Gasteiger partial charge in [0.1, 0.15) is 5.01 Å². The Bertz CT molecular complexity index is 657. The molecule has 2 N–H and O–H groups in total. The second-order valence-corrected chi connectivity index (χ2v) is 5.34. The lowest BCUT2D eigenvalue weighted by atomic mass is 10.1. The third kappa shape index (κ3) is 4.03. The van der Waals surface area contributed by atoms with Gasteiger partial charge in [-0.2, -0.15) is 0 Å². The van der Waals surface area contributed by atoms with Crippen LogP contribution in [0.5, 0.6) is 0 Å². The number of likely N-dealkylation sites (N-methyl/N-ethyl adjacent to an activating group) is 1. The van der Waals surface area contributed by atoms with Crippen LogP contribution in [-0.2, 0) is 10.7 Å². The molecule has 0 aliphatic carbocycles. The summed E-state index contributed by atoms with van der Waals surface area (Å²) in [6, 6.07) is 7.10. The Morgan fingerprint density at radius 3 is 2.86 bits per heavy atom. The monoisotopic (exact) mass is 323 g/mol. The summed E-state index contributed by atoms with van der Waals surface area (Å²) in [6.45, 7) is -0.0484. The second kappa shape index (κ2) is 7.19. The average Bonchev–Trinajstić information content (AvgIpc) is 3.01. The van der Waals surface area contributed by atoms with Crippen LogP contribution < -0.4 is 10.6 Å². The van der Waals surface area contributed by atoms with Crippen LogP contribution in [0.25, 0.3) is 10.6 Å². The zero-order valence-corrected chi connectivity index (χ0v) is 12.9. The van der Waals surface area contributed by atoms with Crippen LogP contribution >= 0.6 is 22.9 Å². The fourth-order valence-electron chi connectivity index (χ4n) is 1.65. The van der Waals surface area contributed by atoms with Gasteiger partial charge in [0.05, 0.1) is 18.1 Å². The summed E-state index contributed by atoms with van der Waals surface area (Å²) >= 11 is 7.21. The van der Waals surface area contributed by atoms with Crippen molar-refractivity contribution in [3.8, 4) is 10.6 Å². The van der Waals surface area contributed by atoms with Crippen LogP contribution in [0.2, 0.25) is 0 Å². The highest BCUT2D eigenvalue weighted by molar-refractivity contribution is 7.13. The largest absolute Gasteiger partial charge is 0.358 e. The van der Waals surface area contributed by atoms with E-state index in [4.69, 9.17) is 11.6 Å². The van der Waals surface area contributed by atoms with Gasteiger partial charge >= 0.3 is 0 Å². The zero-order chi connectivity index (χ0) is 15.2. The predicted octanol–water partition coefficient (Wildman–Crippen LogP) is 2.02. The molecule has 1 aromatic heterocycles. The lowest BCUT2D eigenvalue weighted by Crippen LogP contribution is -2.35. The second-order valence-electron chi connectivity index (χ2n) is 4.21. The standard InChI is InChI=1S/C14H14ClN3O2S/c1-16-12(19)7-17-13(20)9-3-2-4-10(5-9)14-18-11(6-15)8-21-14/h2-5,8H,6-7H2,1H3,(H,16,19)(H,17,20). The highest BCUT2D eigenvalue weighted by atomic mass is 35.5. The summed E-state index contributed by atoms with van der Waals surface area (Å²) in [4.78, 5) is 27.5. The summed E-state index contributed by atoms with van der Waals surface area (Å²) in [5, 5.41) is 7.70. The van der Waals surface area contributed by atoms with Crippen molar-refractivity contribution in [3.05, 3.63) is 40.9 Å². The Morgan fingerprint density at radius 1 is 1.38 bits per heavy atom. The molecule has 0 fully saturated rings.